The highest BCUT2D eigenvalue weighted by Crippen LogP contribution is 2.44. The summed E-state index contributed by atoms with van der Waals surface area (Å²) in [4.78, 5) is 0. The second-order valence-electron chi connectivity index (χ2n) is 14.7. The van der Waals surface area contributed by atoms with Crippen molar-refractivity contribution in [3.63, 3.8) is 0 Å². The maximum Gasteiger partial charge on any atom is 0.299 e. The molecule has 0 saturated heterocycles. The van der Waals surface area contributed by atoms with E-state index in [4.69, 9.17) is 14.0 Å². The third-order valence-electron chi connectivity index (χ3n) is 9.27. The van der Waals surface area contributed by atoms with Gasteiger partial charge in [0.25, 0.3) is 5.82 Å². The zero-order valence-corrected chi connectivity index (χ0v) is 29.5. The lowest BCUT2D eigenvalue weighted by Gasteiger charge is -2.21. The normalized spacial score (nSPS) is 15.1. The fourth-order valence-corrected chi connectivity index (χ4v) is 7.15. The third kappa shape index (κ3) is 5.34. The van der Waals surface area contributed by atoms with Crippen LogP contribution < -0.4 is 4.57 Å². The molecular weight excluding hydrogens is 585 g/mol. The Balaban J connectivity index is 1.60. The van der Waals surface area contributed by atoms with Crippen molar-refractivity contribution in [1.82, 2.24) is 4.57 Å². The summed E-state index contributed by atoms with van der Waals surface area (Å²) in [6.07, 6.45) is -1.74. The van der Waals surface area contributed by atoms with Gasteiger partial charge >= 0.3 is 0 Å². The van der Waals surface area contributed by atoms with E-state index in [1.807, 2.05) is 71.1 Å². The number of para-hydroxylation sites is 3. The largest absolute Gasteiger partial charge is 0.455 e. The van der Waals surface area contributed by atoms with Gasteiger partial charge in [-0.25, -0.2) is 4.57 Å². The molecule has 0 bridgehead atoms. The molecule has 7 rings (SSSR count). The van der Waals surface area contributed by atoms with E-state index in [-0.39, 0.29) is 29.5 Å². The molecule has 3 nitrogen and oxygen atoms in total. The van der Waals surface area contributed by atoms with Crippen LogP contribution in [0.4, 0.5) is 0 Å². The van der Waals surface area contributed by atoms with Crippen LogP contribution in [0.5, 0.6) is 0 Å². The highest BCUT2D eigenvalue weighted by molar-refractivity contribution is 6.11. The Kier molecular flexibility index (Phi) is 6.03. The first-order chi connectivity index (χ1) is 25.6. The van der Waals surface area contributed by atoms with Gasteiger partial charge in [0.2, 0.25) is 0 Å². The van der Waals surface area contributed by atoms with Gasteiger partial charge in [-0.3, -0.25) is 0 Å². The Morgan fingerprint density at radius 1 is 0.854 bits per heavy atom. The first-order valence-electron chi connectivity index (χ1n) is 20.4. The van der Waals surface area contributed by atoms with Crippen LogP contribution in [0.1, 0.15) is 97.7 Å². The van der Waals surface area contributed by atoms with Gasteiger partial charge in [-0.2, -0.15) is 4.57 Å². The fourth-order valence-electron chi connectivity index (χ4n) is 7.15. The highest BCUT2D eigenvalue weighted by atomic mass is 16.3. The third-order valence-corrected chi connectivity index (χ3v) is 9.27. The predicted molar refractivity (Wildman–Crippen MR) is 203 cm³/mol. The van der Waals surface area contributed by atoms with E-state index in [9.17, 15) is 0 Å². The van der Waals surface area contributed by atoms with Gasteiger partial charge in [-0.05, 0) is 95.5 Å². The van der Waals surface area contributed by atoms with E-state index in [1.54, 1.807) is 18.2 Å². The molecule has 0 atom stereocenters. The SMILES string of the molecule is [2H]c1cc(C([2H])([2H])C(C)(C)C)cc([2H])c1-c1cc(C(C)C)c(-n2c(-c3c(C)cc(C([2H])([2H])[2H])c4c3oc3ccccc34)[n+](C)c3ccccc32)c(C(C)C)c1. The molecule has 3 heteroatoms. The molecule has 0 aliphatic heterocycles. The van der Waals surface area contributed by atoms with Crippen LogP contribution in [0.2, 0.25) is 0 Å². The number of imidazole rings is 1. The molecular formula is C45H49N2O+. The lowest BCUT2D eigenvalue weighted by Crippen LogP contribution is -2.30. The first-order valence-corrected chi connectivity index (χ1v) is 16.9. The smallest absolute Gasteiger partial charge is 0.299 e. The van der Waals surface area contributed by atoms with Crippen molar-refractivity contribution in [3.8, 4) is 28.2 Å². The average molecular weight is 641 g/mol. The molecule has 0 aliphatic carbocycles. The van der Waals surface area contributed by atoms with E-state index in [0.717, 1.165) is 55.7 Å². The summed E-state index contributed by atoms with van der Waals surface area (Å²) in [6.45, 7) is 13.7. The first kappa shape index (κ1) is 24.5. The summed E-state index contributed by atoms with van der Waals surface area (Å²) in [5, 5.41) is 1.34. The minimum absolute atomic E-state index is 0.0229. The Bertz CT molecular complexity index is 2600. The number of benzene rings is 5. The predicted octanol–water partition coefficient (Wildman–Crippen LogP) is 12.1. The number of hydrogen-bond donors (Lipinski definition) is 0. The number of hydrogen-bond acceptors (Lipinski definition) is 1. The Hall–Kier alpha value is -4.63. The maximum absolute atomic E-state index is 9.17. The van der Waals surface area contributed by atoms with Crippen molar-refractivity contribution in [3.05, 3.63) is 119 Å². The number of rotatable bonds is 6. The van der Waals surface area contributed by atoms with Crippen LogP contribution in [-0.4, -0.2) is 4.57 Å². The summed E-state index contributed by atoms with van der Waals surface area (Å²) in [5.41, 5.74) is 8.78. The standard InChI is InChI=1S/C45H49N2O/c1-27(2)35-24-33(32-21-19-31(20-22-32)26-45(7,8)9)25-36(28(3)4)42(35)47-38-17-13-12-16-37(38)46(10)44(47)41-30(6)23-29(5)40-34-15-11-14-18-39(34)48-43(40)41/h11-25,27-28H,26H2,1-10H3/q+1/i5D3,21D,22D,26D2. The van der Waals surface area contributed by atoms with Crippen molar-refractivity contribution >= 4 is 33.0 Å². The summed E-state index contributed by atoms with van der Waals surface area (Å²) in [7, 11) is 2.04. The second-order valence-corrected chi connectivity index (χ2v) is 14.7. The molecule has 7 aromatic rings. The Labute approximate surface area is 295 Å². The molecule has 2 heterocycles. The number of furan rings is 1. The van der Waals surface area contributed by atoms with Crippen LogP contribution in [0.3, 0.4) is 0 Å². The van der Waals surface area contributed by atoms with Gasteiger partial charge in [0, 0.05) is 28.8 Å². The van der Waals surface area contributed by atoms with Crippen LogP contribution in [0.15, 0.2) is 95.4 Å². The zero-order chi connectivity index (χ0) is 40.1. The van der Waals surface area contributed by atoms with Gasteiger partial charge in [-0.15, -0.1) is 0 Å². The summed E-state index contributed by atoms with van der Waals surface area (Å²) >= 11 is 0. The maximum atomic E-state index is 9.17. The van der Waals surface area contributed by atoms with Crippen molar-refractivity contribution in [2.24, 2.45) is 12.5 Å². The Morgan fingerprint density at radius 2 is 1.50 bits per heavy atom. The highest BCUT2D eigenvalue weighted by Gasteiger charge is 2.34. The molecule has 2 aromatic heterocycles. The van der Waals surface area contributed by atoms with Crippen molar-refractivity contribution in [2.45, 2.75) is 80.5 Å². The second kappa shape index (κ2) is 11.8. The Morgan fingerprint density at radius 3 is 2.15 bits per heavy atom. The number of nitrogens with zero attached hydrogens (tertiary/aromatic N) is 2. The van der Waals surface area contributed by atoms with E-state index < -0.39 is 18.6 Å². The van der Waals surface area contributed by atoms with Crippen LogP contribution in [0.25, 0.3) is 61.2 Å². The lowest BCUT2D eigenvalue weighted by atomic mass is 9.86. The molecule has 48 heavy (non-hydrogen) atoms. The molecule has 0 radical (unpaired) electrons. The van der Waals surface area contributed by atoms with Gasteiger partial charge in [-0.1, -0.05) is 109 Å². The molecule has 0 spiro atoms. The monoisotopic (exact) mass is 640 g/mol. The number of aromatic nitrogens is 2. The molecule has 0 unspecified atom stereocenters. The minimum Gasteiger partial charge on any atom is -0.455 e. The zero-order valence-electron chi connectivity index (χ0n) is 36.5. The molecule has 0 amide bonds. The topological polar surface area (TPSA) is 21.9 Å². The molecule has 5 aromatic carbocycles. The fraction of sp³-hybridized carbons (Fsp3) is 0.311. The van der Waals surface area contributed by atoms with Crippen LogP contribution in [-0.2, 0) is 13.4 Å². The molecule has 244 valence electrons. The average Bonchev–Trinajstić information content (AvgIpc) is 3.61. The summed E-state index contributed by atoms with van der Waals surface area (Å²) in [5.74, 6) is 0.886. The lowest BCUT2D eigenvalue weighted by molar-refractivity contribution is -0.633. The van der Waals surface area contributed by atoms with Gasteiger partial charge in [0.05, 0.1) is 9.79 Å². The van der Waals surface area contributed by atoms with E-state index >= 15 is 0 Å². The molecule has 0 saturated carbocycles. The van der Waals surface area contributed by atoms with Crippen molar-refractivity contribution in [2.75, 3.05) is 0 Å². The summed E-state index contributed by atoms with van der Waals surface area (Å²) < 4.78 is 72.7. The summed E-state index contributed by atoms with van der Waals surface area (Å²) in [6, 6.07) is 25.2. The molecule has 0 fully saturated rings. The number of fused-ring (bicyclic) bond motifs is 4. The minimum atomic E-state index is -2.37. The van der Waals surface area contributed by atoms with Crippen molar-refractivity contribution in [1.29, 1.82) is 0 Å². The molecule has 0 N–H and O–H groups in total. The number of aryl methyl sites for hydroxylation is 3. The quantitative estimate of drug-likeness (QED) is 0.166. The van der Waals surface area contributed by atoms with Gasteiger partial charge < -0.3 is 4.42 Å². The van der Waals surface area contributed by atoms with E-state index in [2.05, 4.69) is 61.1 Å². The van der Waals surface area contributed by atoms with Crippen LogP contribution in [0, 0.1) is 19.2 Å². The van der Waals surface area contributed by atoms with E-state index in [1.165, 1.54) is 0 Å². The van der Waals surface area contributed by atoms with Gasteiger partial charge in [0.1, 0.15) is 16.8 Å². The van der Waals surface area contributed by atoms with E-state index in [0.29, 0.717) is 27.7 Å². The van der Waals surface area contributed by atoms with Crippen molar-refractivity contribution < 1.29 is 18.6 Å². The van der Waals surface area contributed by atoms with Gasteiger partial charge in [0.15, 0.2) is 16.6 Å². The molecule has 0 aliphatic rings. The van der Waals surface area contributed by atoms with Crippen LogP contribution >= 0.6 is 0 Å².